The minimum Gasteiger partial charge on any atom is -0.493 e. The fourth-order valence-electron chi connectivity index (χ4n) is 1.04. The van der Waals surface area contributed by atoms with Crippen molar-refractivity contribution in [3.63, 3.8) is 0 Å². The van der Waals surface area contributed by atoms with Crippen LogP contribution in [0, 0.1) is 0 Å². The molecule has 0 amide bonds. The SMILES string of the molecule is COc1cc(CO)ccc1OC(=O)C(=O)O. The van der Waals surface area contributed by atoms with Crippen molar-refractivity contribution in [1.82, 2.24) is 0 Å². The lowest BCUT2D eigenvalue weighted by atomic mass is 10.2. The first-order chi connectivity index (χ1) is 7.58. The first-order valence-electron chi connectivity index (χ1n) is 4.31. The minimum atomic E-state index is -1.69. The smallest absolute Gasteiger partial charge is 0.422 e. The van der Waals surface area contributed by atoms with Crippen LogP contribution in [-0.2, 0) is 16.2 Å². The Bertz CT molecular complexity index is 412. The number of aliphatic hydroxyl groups is 1. The molecule has 0 bridgehead atoms. The lowest BCUT2D eigenvalue weighted by molar-refractivity contribution is -0.158. The summed E-state index contributed by atoms with van der Waals surface area (Å²) in [6.45, 7) is -0.191. The summed E-state index contributed by atoms with van der Waals surface area (Å²) in [6.07, 6.45) is 0. The van der Waals surface area contributed by atoms with E-state index < -0.39 is 11.9 Å². The fraction of sp³-hybridized carbons (Fsp3) is 0.200. The summed E-state index contributed by atoms with van der Waals surface area (Å²) in [6, 6.07) is 4.29. The Morgan fingerprint density at radius 2 is 2.00 bits per heavy atom. The molecule has 0 radical (unpaired) electrons. The van der Waals surface area contributed by atoms with Gasteiger partial charge in [0.2, 0.25) is 0 Å². The number of carbonyl (C=O) groups excluding carboxylic acids is 1. The molecule has 0 fully saturated rings. The molecule has 6 nitrogen and oxygen atoms in total. The molecular formula is C10H10O6. The summed E-state index contributed by atoms with van der Waals surface area (Å²) >= 11 is 0. The summed E-state index contributed by atoms with van der Waals surface area (Å²) in [7, 11) is 1.34. The van der Waals surface area contributed by atoms with Gasteiger partial charge in [0.05, 0.1) is 13.7 Å². The highest BCUT2D eigenvalue weighted by Gasteiger charge is 2.16. The Hall–Kier alpha value is -2.08. The predicted octanol–water partition coefficient (Wildman–Crippen LogP) is 0.177. The zero-order valence-corrected chi connectivity index (χ0v) is 8.47. The Balaban J connectivity index is 2.96. The van der Waals surface area contributed by atoms with Crippen LogP contribution in [0.1, 0.15) is 5.56 Å². The largest absolute Gasteiger partial charge is 0.493 e. The lowest BCUT2D eigenvalue weighted by Gasteiger charge is -2.08. The third-order valence-electron chi connectivity index (χ3n) is 1.79. The lowest BCUT2D eigenvalue weighted by Crippen LogP contribution is -2.19. The molecule has 16 heavy (non-hydrogen) atoms. The molecule has 86 valence electrons. The van der Waals surface area contributed by atoms with Crippen LogP contribution >= 0.6 is 0 Å². The average Bonchev–Trinajstić information content (AvgIpc) is 2.29. The number of aliphatic hydroxyl groups excluding tert-OH is 1. The highest BCUT2D eigenvalue weighted by atomic mass is 16.6. The maximum absolute atomic E-state index is 10.8. The molecule has 0 atom stereocenters. The summed E-state index contributed by atoms with van der Waals surface area (Å²) in [4.78, 5) is 21.1. The second-order valence-corrected chi connectivity index (χ2v) is 2.84. The zero-order chi connectivity index (χ0) is 12.1. The molecule has 1 aromatic rings. The Morgan fingerprint density at radius 3 is 2.50 bits per heavy atom. The topological polar surface area (TPSA) is 93.1 Å². The molecule has 1 rings (SSSR count). The molecule has 0 unspecified atom stereocenters. The van der Waals surface area contributed by atoms with Gasteiger partial charge in [0.15, 0.2) is 11.5 Å². The van der Waals surface area contributed by atoms with E-state index in [-0.39, 0.29) is 18.1 Å². The number of methoxy groups -OCH3 is 1. The van der Waals surface area contributed by atoms with Crippen molar-refractivity contribution in [2.24, 2.45) is 0 Å². The number of aliphatic carboxylic acids is 1. The van der Waals surface area contributed by atoms with Gasteiger partial charge in [-0.3, -0.25) is 0 Å². The number of carboxylic acid groups (broad SMARTS) is 1. The van der Waals surface area contributed by atoms with E-state index in [2.05, 4.69) is 4.74 Å². The van der Waals surface area contributed by atoms with E-state index >= 15 is 0 Å². The van der Waals surface area contributed by atoms with Crippen molar-refractivity contribution in [2.45, 2.75) is 6.61 Å². The van der Waals surface area contributed by atoms with Crippen molar-refractivity contribution in [3.05, 3.63) is 23.8 Å². The summed E-state index contributed by atoms with van der Waals surface area (Å²) < 4.78 is 9.44. The van der Waals surface area contributed by atoms with Crippen LogP contribution in [0.25, 0.3) is 0 Å². The Morgan fingerprint density at radius 1 is 1.31 bits per heavy atom. The molecule has 0 saturated heterocycles. The highest BCUT2D eigenvalue weighted by molar-refractivity contribution is 6.29. The number of hydrogen-bond acceptors (Lipinski definition) is 5. The first-order valence-corrected chi connectivity index (χ1v) is 4.31. The molecule has 0 aliphatic carbocycles. The average molecular weight is 226 g/mol. The van der Waals surface area contributed by atoms with Gasteiger partial charge in [-0.15, -0.1) is 0 Å². The molecule has 1 aromatic carbocycles. The number of rotatable bonds is 3. The molecule has 6 heteroatoms. The van der Waals surface area contributed by atoms with Crippen molar-refractivity contribution >= 4 is 11.9 Å². The summed E-state index contributed by atoms with van der Waals surface area (Å²) in [5.74, 6) is -2.91. The Labute approximate surface area is 91.0 Å². The van der Waals surface area contributed by atoms with Gasteiger partial charge in [-0.2, -0.15) is 0 Å². The quantitative estimate of drug-likeness (QED) is 0.433. The molecule has 0 spiro atoms. The molecule has 2 N–H and O–H groups in total. The third-order valence-corrected chi connectivity index (χ3v) is 1.79. The van der Waals surface area contributed by atoms with Crippen LogP contribution in [0.5, 0.6) is 11.5 Å². The van der Waals surface area contributed by atoms with Crippen molar-refractivity contribution in [1.29, 1.82) is 0 Å². The van der Waals surface area contributed by atoms with Gasteiger partial charge in [0.1, 0.15) is 0 Å². The molecule has 0 saturated carbocycles. The van der Waals surface area contributed by atoms with E-state index in [1.54, 1.807) is 0 Å². The standard InChI is InChI=1S/C10H10O6/c1-15-8-4-6(5-11)2-3-7(8)16-10(14)9(12)13/h2-4,11H,5H2,1H3,(H,12,13). The molecule has 0 aliphatic heterocycles. The van der Waals surface area contributed by atoms with Crippen LogP contribution in [0.2, 0.25) is 0 Å². The maximum Gasteiger partial charge on any atom is 0.422 e. The molecular weight excluding hydrogens is 216 g/mol. The maximum atomic E-state index is 10.8. The Kier molecular flexibility index (Phi) is 3.84. The van der Waals surface area contributed by atoms with Gasteiger partial charge < -0.3 is 19.7 Å². The van der Waals surface area contributed by atoms with Gasteiger partial charge >= 0.3 is 11.9 Å². The van der Waals surface area contributed by atoms with E-state index in [4.69, 9.17) is 14.9 Å². The highest BCUT2D eigenvalue weighted by Crippen LogP contribution is 2.28. The minimum absolute atomic E-state index is 0.00731. The monoisotopic (exact) mass is 226 g/mol. The van der Waals surface area contributed by atoms with Crippen LogP contribution < -0.4 is 9.47 Å². The van der Waals surface area contributed by atoms with Gasteiger partial charge in [-0.1, -0.05) is 6.07 Å². The normalized spacial score (nSPS) is 9.62. The van der Waals surface area contributed by atoms with Crippen molar-refractivity contribution < 1.29 is 29.3 Å². The number of ether oxygens (including phenoxy) is 2. The van der Waals surface area contributed by atoms with Crippen molar-refractivity contribution in [2.75, 3.05) is 7.11 Å². The van der Waals surface area contributed by atoms with E-state index in [0.717, 1.165) is 0 Å². The van der Waals surface area contributed by atoms with Crippen molar-refractivity contribution in [3.8, 4) is 11.5 Å². The fourth-order valence-corrected chi connectivity index (χ4v) is 1.04. The third kappa shape index (κ3) is 2.71. The van der Waals surface area contributed by atoms with Gasteiger partial charge in [-0.05, 0) is 17.7 Å². The van der Waals surface area contributed by atoms with E-state index in [1.807, 2.05) is 0 Å². The van der Waals surface area contributed by atoms with E-state index in [1.165, 1.54) is 25.3 Å². The van der Waals surface area contributed by atoms with Crippen LogP contribution in [0.15, 0.2) is 18.2 Å². The van der Waals surface area contributed by atoms with Crippen LogP contribution in [-0.4, -0.2) is 29.3 Å². The summed E-state index contributed by atoms with van der Waals surface area (Å²) in [5, 5.41) is 17.2. The van der Waals surface area contributed by atoms with Crippen LogP contribution in [0.4, 0.5) is 0 Å². The van der Waals surface area contributed by atoms with Crippen LogP contribution in [0.3, 0.4) is 0 Å². The van der Waals surface area contributed by atoms with Gasteiger partial charge in [-0.25, -0.2) is 9.59 Å². The number of benzene rings is 1. The van der Waals surface area contributed by atoms with E-state index in [9.17, 15) is 9.59 Å². The van der Waals surface area contributed by atoms with Gasteiger partial charge in [0.25, 0.3) is 0 Å². The summed E-state index contributed by atoms with van der Waals surface area (Å²) in [5.41, 5.74) is 0.562. The second kappa shape index (κ2) is 5.13. The number of hydrogen-bond donors (Lipinski definition) is 2. The first kappa shape index (κ1) is 12.0. The number of esters is 1. The van der Waals surface area contributed by atoms with Gasteiger partial charge in [0, 0.05) is 0 Å². The predicted molar refractivity (Wildman–Crippen MR) is 52.2 cm³/mol. The zero-order valence-electron chi connectivity index (χ0n) is 8.47. The molecule has 0 aromatic heterocycles. The van der Waals surface area contributed by atoms with E-state index in [0.29, 0.717) is 5.56 Å². The number of carboxylic acids is 1. The second-order valence-electron chi connectivity index (χ2n) is 2.84. The number of carbonyl (C=O) groups is 2. The molecule has 0 heterocycles. The molecule has 0 aliphatic rings.